The Morgan fingerprint density at radius 2 is 2.17 bits per heavy atom. The summed E-state index contributed by atoms with van der Waals surface area (Å²) in [6, 6.07) is 1.85. The minimum Gasteiger partial charge on any atom is -0.495 e. The van der Waals surface area contributed by atoms with E-state index >= 15 is 0 Å². The average Bonchev–Trinajstić information content (AvgIpc) is 2.87. The minimum absolute atomic E-state index is 0.0975. The molecule has 1 saturated heterocycles. The topological polar surface area (TPSA) is 32.8 Å². The molecule has 0 aliphatic carbocycles. The Balaban J connectivity index is 1.95. The predicted molar refractivity (Wildman–Crippen MR) is 77.0 cm³/mol. The maximum Gasteiger partial charge on any atom is 0.267 e. The summed E-state index contributed by atoms with van der Waals surface area (Å²) in [5.74, 6) is 0.785. The lowest BCUT2D eigenvalue weighted by atomic mass is 10.3. The second kappa shape index (κ2) is 6.54. The van der Waals surface area contributed by atoms with E-state index in [-0.39, 0.29) is 5.91 Å². The van der Waals surface area contributed by atoms with Crippen LogP contribution in [0.1, 0.15) is 9.67 Å². The molecular formula is C12H17BrN2O2S. The summed E-state index contributed by atoms with van der Waals surface area (Å²) in [4.78, 5) is 17.3. The molecule has 1 amide bonds. The van der Waals surface area contributed by atoms with Gasteiger partial charge in [0.25, 0.3) is 5.91 Å². The molecule has 2 heterocycles. The molecule has 1 aromatic rings. The lowest BCUT2D eigenvalue weighted by Crippen LogP contribution is -2.48. The monoisotopic (exact) mass is 332 g/mol. The first-order valence-electron chi connectivity index (χ1n) is 5.95. The molecule has 2 rings (SSSR count). The maximum absolute atomic E-state index is 12.3. The van der Waals surface area contributed by atoms with Gasteiger partial charge in [0.05, 0.1) is 7.11 Å². The first-order chi connectivity index (χ1) is 8.76. The van der Waals surface area contributed by atoms with Crippen molar-refractivity contribution in [1.82, 2.24) is 9.80 Å². The Labute approximate surface area is 120 Å². The van der Waals surface area contributed by atoms with E-state index in [9.17, 15) is 4.79 Å². The standard InChI is InChI=1S/C12H17BrN2O2S/c1-17-10-2-9-18-11(10)12(16)15-7-5-14(4-3-13)6-8-15/h2,9H,3-8H2,1H3. The van der Waals surface area contributed by atoms with E-state index in [2.05, 4.69) is 20.8 Å². The fourth-order valence-corrected chi connectivity index (χ4v) is 3.38. The van der Waals surface area contributed by atoms with Crippen molar-refractivity contribution in [2.75, 3.05) is 45.2 Å². The zero-order valence-electron chi connectivity index (χ0n) is 10.4. The Morgan fingerprint density at radius 1 is 1.44 bits per heavy atom. The molecule has 1 fully saturated rings. The van der Waals surface area contributed by atoms with Crippen LogP contribution in [0.25, 0.3) is 0 Å². The first-order valence-corrected chi connectivity index (χ1v) is 7.95. The summed E-state index contributed by atoms with van der Waals surface area (Å²) in [5, 5.41) is 2.88. The van der Waals surface area contributed by atoms with Crippen LogP contribution in [-0.4, -0.2) is 60.9 Å². The Hall–Kier alpha value is -0.590. The lowest BCUT2D eigenvalue weighted by molar-refractivity contribution is 0.0647. The summed E-state index contributed by atoms with van der Waals surface area (Å²) >= 11 is 4.89. The van der Waals surface area contributed by atoms with Crippen molar-refractivity contribution < 1.29 is 9.53 Å². The van der Waals surface area contributed by atoms with Crippen LogP contribution in [0.4, 0.5) is 0 Å². The highest BCUT2D eigenvalue weighted by Crippen LogP contribution is 2.26. The number of hydrogen-bond donors (Lipinski definition) is 0. The van der Waals surface area contributed by atoms with Crippen molar-refractivity contribution in [3.05, 3.63) is 16.3 Å². The number of hydrogen-bond acceptors (Lipinski definition) is 4. The molecule has 1 aromatic heterocycles. The van der Waals surface area contributed by atoms with E-state index in [1.807, 2.05) is 16.3 Å². The van der Waals surface area contributed by atoms with Crippen LogP contribution in [0.5, 0.6) is 5.75 Å². The molecule has 0 bridgehead atoms. The minimum atomic E-state index is 0.0975. The van der Waals surface area contributed by atoms with Crippen LogP contribution >= 0.6 is 27.3 Å². The van der Waals surface area contributed by atoms with Crippen LogP contribution < -0.4 is 4.74 Å². The van der Waals surface area contributed by atoms with Gasteiger partial charge in [-0.2, -0.15) is 0 Å². The summed E-state index contributed by atoms with van der Waals surface area (Å²) in [5.41, 5.74) is 0. The van der Waals surface area contributed by atoms with Crippen molar-refractivity contribution in [3.63, 3.8) is 0 Å². The fraction of sp³-hybridized carbons (Fsp3) is 0.583. The van der Waals surface area contributed by atoms with Gasteiger partial charge < -0.3 is 9.64 Å². The third kappa shape index (κ3) is 3.05. The first kappa shape index (κ1) is 13.8. The van der Waals surface area contributed by atoms with Gasteiger partial charge in [0.15, 0.2) is 0 Å². The van der Waals surface area contributed by atoms with Gasteiger partial charge in [-0.1, -0.05) is 15.9 Å². The van der Waals surface area contributed by atoms with E-state index in [1.54, 1.807) is 7.11 Å². The van der Waals surface area contributed by atoms with Crippen molar-refractivity contribution in [3.8, 4) is 5.75 Å². The highest BCUT2D eigenvalue weighted by atomic mass is 79.9. The number of ether oxygens (including phenoxy) is 1. The molecule has 0 N–H and O–H groups in total. The lowest BCUT2D eigenvalue weighted by Gasteiger charge is -2.34. The maximum atomic E-state index is 12.3. The third-order valence-electron chi connectivity index (χ3n) is 3.10. The van der Waals surface area contributed by atoms with E-state index in [4.69, 9.17) is 4.74 Å². The van der Waals surface area contributed by atoms with Crippen molar-refractivity contribution >= 4 is 33.2 Å². The van der Waals surface area contributed by atoms with Crippen molar-refractivity contribution in [2.24, 2.45) is 0 Å². The summed E-state index contributed by atoms with van der Waals surface area (Å²) in [6.45, 7) is 4.54. The average molecular weight is 333 g/mol. The molecular weight excluding hydrogens is 316 g/mol. The van der Waals surface area contributed by atoms with E-state index in [0.717, 1.165) is 38.1 Å². The van der Waals surface area contributed by atoms with Gasteiger partial charge >= 0.3 is 0 Å². The summed E-state index contributed by atoms with van der Waals surface area (Å²) in [6.07, 6.45) is 0. The predicted octanol–water partition coefficient (Wildman–Crippen LogP) is 1.91. The molecule has 100 valence electrons. The largest absolute Gasteiger partial charge is 0.495 e. The highest BCUT2D eigenvalue weighted by Gasteiger charge is 2.24. The van der Waals surface area contributed by atoms with Gasteiger partial charge in [-0.3, -0.25) is 9.69 Å². The number of carbonyl (C=O) groups is 1. The molecule has 1 aliphatic rings. The smallest absolute Gasteiger partial charge is 0.267 e. The van der Waals surface area contributed by atoms with Gasteiger partial charge in [-0.05, 0) is 11.4 Å². The van der Waals surface area contributed by atoms with Crippen LogP contribution in [0.3, 0.4) is 0 Å². The van der Waals surface area contributed by atoms with Crippen LogP contribution in [-0.2, 0) is 0 Å². The third-order valence-corrected chi connectivity index (χ3v) is 4.34. The number of halogens is 1. The van der Waals surface area contributed by atoms with Gasteiger partial charge in [0.1, 0.15) is 10.6 Å². The second-order valence-corrected chi connectivity index (χ2v) is 5.85. The van der Waals surface area contributed by atoms with Crippen molar-refractivity contribution in [2.45, 2.75) is 0 Å². The SMILES string of the molecule is COc1ccsc1C(=O)N1CCN(CCBr)CC1. The number of rotatable bonds is 4. The van der Waals surface area contributed by atoms with Gasteiger partial charge in [-0.15, -0.1) is 11.3 Å². The molecule has 1 aliphatic heterocycles. The number of methoxy groups -OCH3 is 1. The number of piperazine rings is 1. The zero-order valence-corrected chi connectivity index (χ0v) is 12.8. The number of amides is 1. The van der Waals surface area contributed by atoms with Gasteiger partial charge in [0, 0.05) is 38.1 Å². The Kier molecular flexibility index (Phi) is 5.03. The Morgan fingerprint density at radius 3 is 2.78 bits per heavy atom. The molecule has 0 spiro atoms. The number of alkyl halides is 1. The van der Waals surface area contributed by atoms with Crippen molar-refractivity contribution in [1.29, 1.82) is 0 Å². The zero-order chi connectivity index (χ0) is 13.0. The molecule has 18 heavy (non-hydrogen) atoms. The molecule has 4 nitrogen and oxygen atoms in total. The highest BCUT2D eigenvalue weighted by molar-refractivity contribution is 9.09. The van der Waals surface area contributed by atoms with Gasteiger partial charge in [-0.25, -0.2) is 0 Å². The Bertz CT molecular complexity index is 403. The van der Waals surface area contributed by atoms with E-state index < -0.39 is 0 Å². The molecule has 6 heteroatoms. The second-order valence-electron chi connectivity index (χ2n) is 4.14. The quantitative estimate of drug-likeness (QED) is 0.789. The summed E-state index contributed by atoms with van der Waals surface area (Å²) < 4.78 is 5.20. The number of nitrogens with zero attached hydrogens (tertiary/aromatic N) is 2. The van der Waals surface area contributed by atoms with Crippen LogP contribution in [0.15, 0.2) is 11.4 Å². The molecule has 0 unspecified atom stereocenters. The number of thiophene rings is 1. The van der Waals surface area contributed by atoms with E-state index in [1.165, 1.54) is 11.3 Å². The molecule has 0 atom stereocenters. The molecule has 0 saturated carbocycles. The summed E-state index contributed by atoms with van der Waals surface area (Å²) in [7, 11) is 1.60. The van der Waals surface area contributed by atoms with Crippen LogP contribution in [0.2, 0.25) is 0 Å². The number of carbonyl (C=O) groups excluding carboxylic acids is 1. The van der Waals surface area contributed by atoms with E-state index in [0.29, 0.717) is 10.6 Å². The molecule has 0 radical (unpaired) electrons. The van der Waals surface area contributed by atoms with Gasteiger partial charge in [0.2, 0.25) is 0 Å². The fourth-order valence-electron chi connectivity index (χ4n) is 2.05. The normalized spacial score (nSPS) is 16.9. The van der Waals surface area contributed by atoms with Crippen LogP contribution in [0, 0.1) is 0 Å². The molecule has 0 aromatic carbocycles.